The molecule has 0 spiro atoms. The van der Waals surface area contributed by atoms with Gasteiger partial charge in [-0.3, -0.25) is 9.59 Å². The average molecular weight is 359 g/mol. The number of carboxylic acids is 1. The lowest BCUT2D eigenvalue weighted by Gasteiger charge is -2.29. The van der Waals surface area contributed by atoms with Crippen molar-refractivity contribution in [3.63, 3.8) is 0 Å². The number of hydrogen-bond donors (Lipinski definition) is 2. The van der Waals surface area contributed by atoms with Gasteiger partial charge in [-0.1, -0.05) is 26.0 Å². The summed E-state index contributed by atoms with van der Waals surface area (Å²) in [6.07, 6.45) is 0.950. The zero-order valence-electron chi connectivity index (χ0n) is 14.6. The van der Waals surface area contributed by atoms with Crippen LogP contribution in [0.5, 0.6) is 0 Å². The van der Waals surface area contributed by atoms with Crippen molar-refractivity contribution in [1.29, 1.82) is 0 Å². The summed E-state index contributed by atoms with van der Waals surface area (Å²) < 4.78 is 0.923. The highest BCUT2D eigenvalue weighted by atomic mass is 16.4. The van der Waals surface area contributed by atoms with E-state index >= 15 is 0 Å². The van der Waals surface area contributed by atoms with Crippen LogP contribution >= 0.6 is 0 Å². The van der Waals surface area contributed by atoms with Crippen LogP contribution in [0.1, 0.15) is 32.7 Å². The molecule has 1 aromatic heterocycles. The first-order valence-corrected chi connectivity index (χ1v) is 8.59. The first-order valence-electron chi connectivity index (χ1n) is 8.59. The lowest BCUT2D eigenvalue weighted by molar-refractivity contribution is -0.150. The van der Waals surface area contributed by atoms with Crippen molar-refractivity contribution in [1.82, 2.24) is 14.5 Å². The van der Waals surface area contributed by atoms with Crippen molar-refractivity contribution in [3.8, 4) is 0 Å². The van der Waals surface area contributed by atoms with E-state index in [9.17, 15) is 24.3 Å². The molecule has 1 saturated heterocycles. The van der Waals surface area contributed by atoms with E-state index in [0.29, 0.717) is 30.3 Å². The van der Waals surface area contributed by atoms with E-state index in [1.54, 1.807) is 38.1 Å². The maximum atomic E-state index is 13.1. The molecule has 1 aliphatic heterocycles. The molecule has 0 unspecified atom stereocenters. The Kier molecular flexibility index (Phi) is 4.67. The predicted octanol–water partition coefficient (Wildman–Crippen LogP) is 0.962. The number of aromatic amines is 1. The van der Waals surface area contributed by atoms with Crippen molar-refractivity contribution in [3.05, 3.63) is 45.1 Å². The molecule has 2 aromatic rings. The molecule has 8 nitrogen and oxygen atoms in total. The Morgan fingerprint density at radius 3 is 2.58 bits per heavy atom. The number of hydrogen-bond acceptors (Lipinski definition) is 4. The number of nitrogens with one attached hydrogen (secondary N) is 1. The lowest BCUT2D eigenvalue weighted by Crippen LogP contribution is -2.50. The SMILES string of the molecule is CC(C)[C@H](C(=O)N1CCC[C@H]1C(=O)O)n1c(=O)[nH]c2ccccc2c1=O. The standard InChI is InChI=1S/C18H21N3O5/c1-10(2)14(16(23)20-9-5-8-13(20)17(24)25)21-15(22)11-6-3-4-7-12(11)19-18(21)26/h3-4,6-7,10,13-14H,5,8-9H2,1-2H3,(H,19,26)(H,24,25)/t13-,14+/m0/s1. The second-order valence-corrected chi connectivity index (χ2v) is 6.87. The Hall–Kier alpha value is -2.90. The minimum Gasteiger partial charge on any atom is -0.480 e. The van der Waals surface area contributed by atoms with Crippen LogP contribution in [-0.4, -0.2) is 44.0 Å². The summed E-state index contributed by atoms with van der Waals surface area (Å²) in [6, 6.07) is 4.61. The van der Waals surface area contributed by atoms with Gasteiger partial charge in [-0.25, -0.2) is 14.2 Å². The summed E-state index contributed by atoms with van der Waals surface area (Å²) >= 11 is 0. The van der Waals surface area contributed by atoms with E-state index < -0.39 is 35.2 Å². The zero-order valence-corrected chi connectivity index (χ0v) is 14.6. The molecule has 3 rings (SSSR count). The van der Waals surface area contributed by atoms with E-state index in [-0.39, 0.29) is 5.92 Å². The molecule has 8 heteroatoms. The molecule has 138 valence electrons. The van der Waals surface area contributed by atoms with Crippen LogP contribution in [0.4, 0.5) is 0 Å². The topological polar surface area (TPSA) is 112 Å². The van der Waals surface area contributed by atoms with E-state index in [4.69, 9.17) is 0 Å². The monoisotopic (exact) mass is 359 g/mol. The number of amides is 1. The number of carbonyl (C=O) groups is 2. The molecule has 1 fully saturated rings. The molecule has 0 radical (unpaired) electrons. The van der Waals surface area contributed by atoms with Crippen molar-refractivity contribution < 1.29 is 14.7 Å². The first-order chi connectivity index (χ1) is 12.3. The van der Waals surface area contributed by atoms with Gasteiger partial charge in [-0.05, 0) is 30.9 Å². The molecule has 1 aliphatic rings. The summed E-state index contributed by atoms with van der Waals surface area (Å²) in [6.45, 7) is 3.77. The highest BCUT2D eigenvalue weighted by Gasteiger charge is 2.39. The fraction of sp³-hybridized carbons (Fsp3) is 0.444. The molecule has 26 heavy (non-hydrogen) atoms. The number of rotatable bonds is 4. The van der Waals surface area contributed by atoms with Gasteiger partial charge in [-0.2, -0.15) is 0 Å². The van der Waals surface area contributed by atoms with Crippen LogP contribution in [0.25, 0.3) is 10.9 Å². The second-order valence-electron chi connectivity index (χ2n) is 6.87. The van der Waals surface area contributed by atoms with E-state index in [2.05, 4.69) is 4.98 Å². The summed E-state index contributed by atoms with van der Waals surface area (Å²) in [5.41, 5.74) is -0.826. The normalized spacial score (nSPS) is 18.4. The molecule has 1 aromatic carbocycles. The Balaban J connectivity index is 2.14. The quantitative estimate of drug-likeness (QED) is 0.844. The van der Waals surface area contributed by atoms with Crippen molar-refractivity contribution in [2.24, 2.45) is 5.92 Å². The van der Waals surface area contributed by atoms with Gasteiger partial charge in [0.2, 0.25) is 5.91 Å². The summed E-state index contributed by atoms with van der Waals surface area (Å²) in [7, 11) is 0. The summed E-state index contributed by atoms with van der Waals surface area (Å²) in [5, 5.41) is 9.65. The first kappa shape index (κ1) is 17.9. The van der Waals surface area contributed by atoms with E-state index in [0.717, 1.165) is 4.57 Å². The average Bonchev–Trinajstić information content (AvgIpc) is 3.07. The molecule has 0 bridgehead atoms. The maximum Gasteiger partial charge on any atom is 0.329 e. The third-order valence-electron chi connectivity index (χ3n) is 4.82. The Bertz CT molecular complexity index is 975. The number of fused-ring (bicyclic) bond motifs is 1. The highest BCUT2D eigenvalue weighted by molar-refractivity contribution is 5.87. The molecule has 1 amide bonds. The largest absolute Gasteiger partial charge is 0.480 e. The van der Waals surface area contributed by atoms with Crippen molar-refractivity contribution in [2.45, 2.75) is 38.8 Å². The fourth-order valence-corrected chi connectivity index (χ4v) is 3.58. The van der Waals surface area contributed by atoms with Gasteiger partial charge < -0.3 is 15.0 Å². The van der Waals surface area contributed by atoms with Gasteiger partial charge in [0.1, 0.15) is 12.1 Å². The molecule has 0 aliphatic carbocycles. The summed E-state index contributed by atoms with van der Waals surface area (Å²) in [4.78, 5) is 53.9. The number of aromatic nitrogens is 2. The van der Waals surface area contributed by atoms with Gasteiger partial charge in [-0.15, -0.1) is 0 Å². The second kappa shape index (κ2) is 6.78. The minimum absolute atomic E-state index is 0.305. The summed E-state index contributed by atoms with van der Waals surface area (Å²) in [5.74, 6) is -1.94. The molecular weight excluding hydrogens is 338 g/mol. The Morgan fingerprint density at radius 2 is 1.92 bits per heavy atom. The van der Waals surface area contributed by atoms with E-state index in [1.165, 1.54) is 4.90 Å². The van der Waals surface area contributed by atoms with Gasteiger partial charge in [0.05, 0.1) is 10.9 Å². The van der Waals surface area contributed by atoms with Crippen LogP contribution in [0.2, 0.25) is 0 Å². The molecule has 2 N–H and O–H groups in total. The number of nitrogens with zero attached hydrogens (tertiary/aromatic N) is 2. The fourth-order valence-electron chi connectivity index (χ4n) is 3.58. The molecule has 2 atom stereocenters. The number of H-pyrrole nitrogens is 1. The highest BCUT2D eigenvalue weighted by Crippen LogP contribution is 2.25. The third-order valence-corrected chi connectivity index (χ3v) is 4.82. The van der Waals surface area contributed by atoms with Crippen molar-refractivity contribution >= 4 is 22.8 Å². The van der Waals surface area contributed by atoms with Gasteiger partial charge in [0.25, 0.3) is 5.56 Å². The third kappa shape index (κ3) is 2.91. The number of para-hydroxylation sites is 1. The maximum absolute atomic E-state index is 13.1. The Labute approximate surface area is 149 Å². The van der Waals surface area contributed by atoms with E-state index in [1.807, 2.05) is 0 Å². The molecule has 2 heterocycles. The Morgan fingerprint density at radius 1 is 1.23 bits per heavy atom. The zero-order chi connectivity index (χ0) is 19.0. The number of likely N-dealkylation sites (tertiary alicyclic amines) is 1. The number of benzene rings is 1. The predicted molar refractivity (Wildman–Crippen MR) is 95.1 cm³/mol. The number of carbonyl (C=O) groups excluding carboxylic acids is 1. The number of carboxylic acid groups (broad SMARTS) is 1. The minimum atomic E-state index is -1.07. The van der Waals surface area contributed by atoms with Crippen LogP contribution in [0, 0.1) is 5.92 Å². The van der Waals surface area contributed by atoms with Gasteiger partial charge in [0, 0.05) is 6.54 Å². The smallest absolute Gasteiger partial charge is 0.329 e. The van der Waals surface area contributed by atoms with Crippen LogP contribution in [-0.2, 0) is 9.59 Å². The molecular formula is C18H21N3O5. The van der Waals surface area contributed by atoms with Crippen LogP contribution in [0.3, 0.4) is 0 Å². The van der Waals surface area contributed by atoms with Crippen LogP contribution < -0.4 is 11.2 Å². The number of aliphatic carboxylic acids is 1. The van der Waals surface area contributed by atoms with Crippen molar-refractivity contribution in [2.75, 3.05) is 6.54 Å². The van der Waals surface area contributed by atoms with Crippen LogP contribution in [0.15, 0.2) is 33.9 Å². The van der Waals surface area contributed by atoms with Gasteiger partial charge >= 0.3 is 11.7 Å². The lowest BCUT2D eigenvalue weighted by atomic mass is 10.0. The molecule has 0 saturated carbocycles. The van der Waals surface area contributed by atoms with Gasteiger partial charge in [0.15, 0.2) is 0 Å².